The lowest BCUT2D eigenvalue weighted by Crippen LogP contribution is -2.06. The Morgan fingerprint density at radius 1 is 1.03 bits per heavy atom. The SMILES string of the molecule is CCOc1cc(CNc2cc(C(=O)O)ccc2OC)c(Br)cc1OCc1ccccc1Cl. The molecular weight excluding hydrogens is 498 g/mol. The van der Waals surface area contributed by atoms with E-state index in [4.69, 9.17) is 25.8 Å². The third-order valence-electron chi connectivity index (χ3n) is 4.67. The fourth-order valence-corrected chi connectivity index (χ4v) is 3.69. The van der Waals surface area contributed by atoms with E-state index in [9.17, 15) is 9.90 Å². The zero-order valence-electron chi connectivity index (χ0n) is 17.7. The topological polar surface area (TPSA) is 77.0 Å². The van der Waals surface area contributed by atoms with Crippen molar-refractivity contribution in [3.8, 4) is 17.2 Å². The molecule has 0 aliphatic heterocycles. The van der Waals surface area contributed by atoms with Gasteiger partial charge in [0.2, 0.25) is 0 Å². The highest BCUT2D eigenvalue weighted by molar-refractivity contribution is 9.10. The van der Waals surface area contributed by atoms with Crippen molar-refractivity contribution in [3.05, 3.63) is 80.8 Å². The summed E-state index contributed by atoms with van der Waals surface area (Å²) >= 11 is 9.82. The van der Waals surface area contributed by atoms with Crippen LogP contribution in [-0.4, -0.2) is 24.8 Å². The second kappa shape index (κ2) is 11.1. The quantitative estimate of drug-likeness (QED) is 0.322. The summed E-state index contributed by atoms with van der Waals surface area (Å²) in [4.78, 5) is 11.3. The van der Waals surface area contributed by atoms with E-state index >= 15 is 0 Å². The van der Waals surface area contributed by atoms with Gasteiger partial charge in [-0.2, -0.15) is 0 Å². The van der Waals surface area contributed by atoms with Crippen LogP contribution in [0.15, 0.2) is 59.1 Å². The Morgan fingerprint density at radius 2 is 1.78 bits per heavy atom. The summed E-state index contributed by atoms with van der Waals surface area (Å²) < 4.78 is 17.9. The molecule has 0 aromatic heterocycles. The van der Waals surface area contributed by atoms with Crippen LogP contribution in [0.25, 0.3) is 0 Å². The zero-order valence-corrected chi connectivity index (χ0v) is 20.0. The van der Waals surface area contributed by atoms with Gasteiger partial charge in [0.25, 0.3) is 0 Å². The third kappa shape index (κ3) is 5.87. The van der Waals surface area contributed by atoms with Crippen molar-refractivity contribution in [2.24, 2.45) is 0 Å². The van der Waals surface area contributed by atoms with Gasteiger partial charge in [-0.25, -0.2) is 4.79 Å². The van der Waals surface area contributed by atoms with E-state index in [1.807, 2.05) is 43.3 Å². The fraction of sp³-hybridized carbons (Fsp3) is 0.208. The number of rotatable bonds is 10. The molecule has 0 aliphatic rings. The molecule has 0 saturated carbocycles. The molecule has 0 amide bonds. The van der Waals surface area contributed by atoms with Crippen LogP contribution < -0.4 is 19.5 Å². The number of methoxy groups -OCH3 is 1. The van der Waals surface area contributed by atoms with Crippen LogP contribution in [-0.2, 0) is 13.2 Å². The first-order valence-electron chi connectivity index (χ1n) is 9.89. The van der Waals surface area contributed by atoms with Crippen LogP contribution >= 0.6 is 27.5 Å². The molecule has 0 fully saturated rings. The molecule has 0 spiro atoms. The van der Waals surface area contributed by atoms with Gasteiger partial charge in [-0.15, -0.1) is 0 Å². The maximum Gasteiger partial charge on any atom is 0.335 e. The molecule has 0 atom stereocenters. The molecular formula is C24H23BrClNO5. The number of carboxylic acids is 1. The Bertz CT molecular complexity index is 1110. The molecule has 2 N–H and O–H groups in total. The first kappa shape index (κ1) is 23.8. The summed E-state index contributed by atoms with van der Waals surface area (Å²) in [5.41, 5.74) is 2.53. The average Bonchev–Trinajstić information content (AvgIpc) is 2.78. The molecule has 0 bridgehead atoms. The number of anilines is 1. The van der Waals surface area contributed by atoms with Gasteiger partial charge in [-0.05, 0) is 48.9 Å². The van der Waals surface area contributed by atoms with Gasteiger partial charge in [0.05, 0.1) is 25.0 Å². The lowest BCUT2D eigenvalue weighted by atomic mass is 10.1. The summed E-state index contributed by atoms with van der Waals surface area (Å²) in [5, 5.41) is 13.1. The highest BCUT2D eigenvalue weighted by Gasteiger charge is 2.14. The Balaban J connectivity index is 1.81. The summed E-state index contributed by atoms with van der Waals surface area (Å²) in [6, 6.07) is 15.9. The van der Waals surface area contributed by atoms with E-state index in [2.05, 4.69) is 21.2 Å². The van der Waals surface area contributed by atoms with E-state index < -0.39 is 5.97 Å². The highest BCUT2D eigenvalue weighted by Crippen LogP contribution is 2.36. The largest absolute Gasteiger partial charge is 0.495 e. The second-order valence-corrected chi connectivity index (χ2v) is 8.04. The molecule has 3 aromatic rings. The van der Waals surface area contributed by atoms with Crippen LogP contribution in [0, 0.1) is 0 Å². The molecule has 3 aromatic carbocycles. The number of hydrogen-bond donors (Lipinski definition) is 2. The van der Waals surface area contributed by atoms with Crippen molar-refractivity contribution in [3.63, 3.8) is 0 Å². The maximum absolute atomic E-state index is 11.3. The van der Waals surface area contributed by atoms with Crippen molar-refractivity contribution in [1.82, 2.24) is 0 Å². The van der Waals surface area contributed by atoms with Crippen molar-refractivity contribution < 1.29 is 24.1 Å². The number of aromatic carboxylic acids is 1. The van der Waals surface area contributed by atoms with Gasteiger partial charge in [-0.1, -0.05) is 45.7 Å². The third-order valence-corrected chi connectivity index (χ3v) is 5.78. The van der Waals surface area contributed by atoms with Gasteiger partial charge >= 0.3 is 5.97 Å². The van der Waals surface area contributed by atoms with Crippen molar-refractivity contribution in [2.45, 2.75) is 20.1 Å². The Labute approximate surface area is 200 Å². The zero-order chi connectivity index (χ0) is 23.1. The minimum absolute atomic E-state index is 0.172. The maximum atomic E-state index is 11.3. The number of ether oxygens (including phenoxy) is 3. The van der Waals surface area contributed by atoms with Gasteiger partial charge < -0.3 is 24.6 Å². The van der Waals surface area contributed by atoms with Crippen molar-refractivity contribution >= 4 is 39.2 Å². The van der Waals surface area contributed by atoms with E-state index in [1.54, 1.807) is 12.1 Å². The monoisotopic (exact) mass is 519 g/mol. The average molecular weight is 521 g/mol. The number of halogens is 2. The Kier molecular flexibility index (Phi) is 8.25. The minimum atomic E-state index is -1.00. The van der Waals surface area contributed by atoms with Gasteiger partial charge in [0.15, 0.2) is 11.5 Å². The van der Waals surface area contributed by atoms with E-state index in [1.165, 1.54) is 13.2 Å². The number of carbonyl (C=O) groups is 1. The smallest absolute Gasteiger partial charge is 0.335 e. The van der Waals surface area contributed by atoms with Gasteiger partial charge in [-0.3, -0.25) is 0 Å². The number of hydrogen-bond acceptors (Lipinski definition) is 5. The molecule has 0 aliphatic carbocycles. The number of benzene rings is 3. The molecule has 0 saturated heterocycles. The van der Waals surface area contributed by atoms with Crippen LogP contribution in [0.1, 0.15) is 28.4 Å². The highest BCUT2D eigenvalue weighted by atomic mass is 79.9. The Hall–Kier alpha value is -2.90. The summed E-state index contributed by atoms with van der Waals surface area (Å²) in [6.45, 7) is 3.10. The number of nitrogens with one attached hydrogen (secondary N) is 1. The molecule has 8 heteroatoms. The molecule has 6 nitrogen and oxygen atoms in total. The summed E-state index contributed by atoms with van der Waals surface area (Å²) in [6.07, 6.45) is 0. The molecule has 32 heavy (non-hydrogen) atoms. The predicted octanol–water partition coefficient (Wildman–Crippen LogP) is 6.40. The van der Waals surface area contributed by atoms with E-state index in [-0.39, 0.29) is 5.56 Å². The standard InChI is InChI=1S/C24H23BrClNO5/c1-3-31-22-11-17(13-27-20-10-15(24(28)29)8-9-21(20)30-2)18(25)12-23(22)32-14-16-6-4-5-7-19(16)26/h4-12,27H,3,13-14H2,1-2H3,(H,28,29). The van der Waals surface area contributed by atoms with Crippen molar-refractivity contribution in [1.29, 1.82) is 0 Å². The first-order valence-corrected chi connectivity index (χ1v) is 11.1. The molecule has 0 heterocycles. The predicted molar refractivity (Wildman–Crippen MR) is 128 cm³/mol. The molecule has 0 radical (unpaired) electrons. The summed E-state index contributed by atoms with van der Waals surface area (Å²) in [5.74, 6) is 0.741. The normalized spacial score (nSPS) is 10.5. The van der Waals surface area contributed by atoms with Crippen LogP contribution in [0.4, 0.5) is 5.69 Å². The molecule has 0 unspecified atom stereocenters. The summed E-state index contributed by atoms with van der Waals surface area (Å²) in [7, 11) is 1.54. The lowest BCUT2D eigenvalue weighted by Gasteiger charge is -2.17. The Morgan fingerprint density at radius 3 is 2.47 bits per heavy atom. The fourth-order valence-electron chi connectivity index (χ4n) is 3.03. The van der Waals surface area contributed by atoms with Gasteiger partial charge in [0.1, 0.15) is 12.4 Å². The van der Waals surface area contributed by atoms with Crippen molar-refractivity contribution in [2.75, 3.05) is 19.0 Å². The van der Waals surface area contributed by atoms with Crippen LogP contribution in [0.3, 0.4) is 0 Å². The first-order chi connectivity index (χ1) is 15.4. The molecule has 168 valence electrons. The molecule has 3 rings (SSSR count). The number of carboxylic acid groups (broad SMARTS) is 1. The van der Waals surface area contributed by atoms with E-state index in [0.29, 0.717) is 47.7 Å². The minimum Gasteiger partial charge on any atom is -0.495 e. The lowest BCUT2D eigenvalue weighted by molar-refractivity contribution is 0.0697. The van der Waals surface area contributed by atoms with Gasteiger partial charge in [0, 0.05) is 21.6 Å². The van der Waals surface area contributed by atoms with Crippen LogP contribution in [0.5, 0.6) is 17.2 Å². The van der Waals surface area contributed by atoms with E-state index in [0.717, 1.165) is 15.6 Å². The second-order valence-electron chi connectivity index (χ2n) is 6.78. The van der Waals surface area contributed by atoms with Crippen LogP contribution in [0.2, 0.25) is 5.02 Å².